The molecule has 0 radical (unpaired) electrons. The van der Waals surface area contributed by atoms with E-state index in [9.17, 15) is 0 Å². The summed E-state index contributed by atoms with van der Waals surface area (Å²) in [5.41, 5.74) is 0. The molecule has 1 rings (SSSR count). The van der Waals surface area contributed by atoms with E-state index in [1.54, 1.807) is 0 Å². The smallest absolute Gasteiger partial charge is 0.0230 e. The van der Waals surface area contributed by atoms with Crippen LogP contribution in [-0.2, 0) is 0 Å². The van der Waals surface area contributed by atoms with Gasteiger partial charge in [0.1, 0.15) is 0 Å². The van der Waals surface area contributed by atoms with Crippen molar-refractivity contribution >= 4 is 18.0 Å². The normalized spacial score (nSPS) is 28.5. The van der Waals surface area contributed by atoms with E-state index in [1.807, 2.05) is 24.2 Å². The van der Waals surface area contributed by atoms with Gasteiger partial charge in [0.15, 0.2) is 0 Å². The van der Waals surface area contributed by atoms with Crippen LogP contribution in [0, 0.1) is 11.8 Å². The van der Waals surface area contributed by atoms with Gasteiger partial charge < -0.3 is 0 Å². The zero-order chi connectivity index (χ0) is 8.81. The summed E-state index contributed by atoms with van der Waals surface area (Å²) in [5, 5.41) is 2.19. The van der Waals surface area contributed by atoms with Gasteiger partial charge in [0.25, 0.3) is 0 Å². The fourth-order valence-electron chi connectivity index (χ4n) is 1.09. The number of thioether (sulfide) groups is 1. The quantitative estimate of drug-likeness (QED) is 0.651. The second-order valence-electron chi connectivity index (χ2n) is 2.86. The van der Waals surface area contributed by atoms with Crippen molar-refractivity contribution < 1.29 is 0 Å². The maximum atomic E-state index is 4.09. The summed E-state index contributed by atoms with van der Waals surface area (Å²) in [4.78, 5) is 4.09. The Morgan fingerprint density at radius 1 is 1.58 bits per heavy atom. The van der Waals surface area contributed by atoms with Crippen molar-refractivity contribution in [3.05, 3.63) is 23.8 Å². The predicted octanol–water partition coefficient (Wildman–Crippen LogP) is 3.10. The molecular weight excluding hydrogens is 166 g/mol. The molecule has 0 spiro atoms. The number of rotatable bonds is 3. The Kier molecular flexibility index (Phi) is 4.15. The van der Waals surface area contributed by atoms with E-state index >= 15 is 0 Å². The molecule has 0 amide bonds. The number of allylic oxidation sites excluding steroid dienone is 2. The van der Waals surface area contributed by atoms with Crippen molar-refractivity contribution in [1.29, 1.82) is 0 Å². The van der Waals surface area contributed by atoms with Gasteiger partial charge in [0, 0.05) is 24.3 Å². The summed E-state index contributed by atoms with van der Waals surface area (Å²) >= 11 is 1.84. The van der Waals surface area contributed by atoms with E-state index in [-0.39, 0.29) is 0 Å². The number of hydrogen-bond donors (Lipinski definition) is 0. The van der Waals surface area contributed by atoms with E-state index in [4.69, 9.17) is 0 Å². The van der Waals surface area contributed by atoms with Gasteiger partial charge in [-0.15, -0.1) is 11.8 Å². The average molecular weight is 181 g/mol. The Hall–Kier alpha value is -0.500. The lowest BCUT2D eigenvalue weighted by Gasteiger charge is -2.14. The Morgan fingerprint density at radius 3 is 3.08 bits per heavy atom. The van der Waals surface area contributed by atoms with Gasteiger partial charge in [-0.3, -0.25) is 4.99 Å². The van der Waals surface area contributed by atoms with Gasteiger partial charge in [-0.25, -0.2) is 0 Å². The summed E-state index contributed by atoms with van der Waals surface area (Å²) in [5.74, 6) is 2.24. The molecule has 0 bridgehead atoms. The van der Waals surface area contributed by atoms with Crippen molar-refractivity contribution in [2.45, 2.75) is 13.8 Å². The first-order valence-electron chi connectivity index (χ1n) is 4.33. The van der Waals surface area contributed by atoms with Gasteiger partial charge in [0.2, 0.25) is 0 Å². The largest absolute Gasteiger partial charge is 0.269 e. The van der Waals surface area contributed by atoms with Gasteiger partial charge in [-0.1, -0.05) is 26.0 Å². The molecule has 2 heteroatoms. The second-order valence-corrected chi connectivity index (χ2v) is 4.04. The van der Waals surface area contributed by atoms with Crippen LogP contribution in [0.25, 0.3) is 0 Å². The molecule has 0 N–H and O–H groups in total. The molecule has 2 unspecified atom stereocenters. The van der Waals surface area contributed by atoms with E-state index < -0.39 is 0 Å². The lowest BCUT2D eigenvalue weighted by atomic mass is 9.94. The van der Waals surface area contributed by atoms with Crippen LogP contribution in [0.1, 0.15) is 13.8 Å². The van der Waals surface area contributed by atoms with Crippen LogP contribution in [0.3, 0.4) is 0 Å². The van der Waals surface area contributed by atoms with Gasteiger partial charge >= 0.3 is 0 Å². The van der Waals surface area contributed by atoms with Crippen molar-refractivity contribution in [3.63, 3.8) is 0 Å². The number of hydrogen-bond acceptors (Lipinski definition) is 2. The third-order valence-corrected chi connectivity index (χ3v) is 2.57. The molecule has 1 heterocycles. The van der Waals surface area contributed by atoms with E-state index in [2.05, 4.69) is 36.4 Å². The number of aliphatic imine (C=N–C) groups is 1. The summed E-state index contributed by atoms with van der Waals surface area (Å²) in [6.07, 6.45) is 8.29. The molecule has 2 atom stereocenters. The maximum Gasteiger partial charge on any atom is 0.0230 e. The summed E-state index contributed by atoms with van der Waals surface area (Å²) in [6.45, 7) is 4.36. The highest BCUT2D eigenvalue weighted by Gasteiger charge is 2.10. The molecule has 0 saturated carbocycles. The van der Waals surface area contributed by atoms with Crippen LogP contribution in [-0.4, -0.2) is 12.0 Å². The molecule has 0 aliphatic carbocycles. The van der Waals surface area contributed by atoms with Crippen molar-refractivity contribution in [3.8, 4) is 0 Å². The first kappa shape index (κ1) is 9.59. The highest BCUT2D eigenvalue weighted by Crippen LogP contribution is 2.18. The fourth-order valence-corrected chi connectivity index (χ4v) is 1.58. The van der Waals surface area contributed by atoms with Crippen LogP contribution < -0.4 is 0 Å². The third-order valence-electron chi connectivity index (χ3n) is 1.89. The summed E-state index contributed by atoms with van der Waals surface area (Å²) in [7, 11) is 0. The van der Waals surface area contributed by atoms with Crippen LogP contribution in [0.5, 0.6) is 0 Å². The van der Waals surface area contributed by atoms with Gasteiger partial charge in [0.05, 0.1) is 0 Å². The van der Waals surface area contributed by atoms with Crippen LogP contribution in [0.15, 0.2) is 28.8 Å². The topological polar surface area (TPSA) is 12.4 Å². The molecule has 1 nitrogen and oxygen atoms in total. The zero-order valence-electron chi connectivity index (χ0n) is 7.60. The monoisotopic (exact) mass is 181 g/mol. The SMILES string of the molecule is CCS/C=C/C1C=CN=CC1C. The minimum Gasteiger partial charge on any atom is -0.269 e. The molecular formula is C10H15NS. The minimum atomic E-state index is 0.543. The molecule has 0 saturated heterocycles. The maximum absolute atomic E-state index is 4.09. The fraction of sp³-hybridized carbons (Fsp3) is 0.500. The zero-order valence-corrected chi connectivity index (χ0v) is 8.42. The van der Waals surface area contributed by atoms with E-state index in [1.165, 1.54) is 0 Å². The van der Waals surface area contributed by atoms with Crippen molar-refractivity contribution in [2.24, 2.45) is 16.8 Å². The van der Waals surface area contributed by atoms with E-state index in [0.29, 0.717) is 11.8 Å². The van der Waals surface area contributed by atoms with Crippen LogP contribution in [0.2, 0.25) is 0 Å². The average Bonchev–Trinajstić information content (AvgIpc) is 2.09. The van der Waals surface area contributed by atoms with Gasteiger partial charge in [-0.2, -0.15) is 0 Å². The predicted molar refractivity (Wildman–Crippen MR) is 57.6 cm³/mol. The summed E-state index contributed by atoms with van der Waals surface area (Å²) < 4.78 is 0. The Morgan fingerprint density at radius 2 is 2.42 bits per heavy atom. The first-order chi connectivity index (χ1) is 5.84. The van der Waals surface area contributed by atoms with Gasteiger partial charge in [-0.05, 0) is 11.2 Å². The molecule has 0 aromatic heterocycles. The highest BCUT2D eigenvalue weighted by molar-refractivity contribution is 8.02. The van der Waals surface area contributed by atoms with Crippen LogP contribution in [0.4, 0.5) is 0 Å². The summed E-state index contributed by atoms with van der Waals surface area (Å²) in [6, 6.07) is 0. The van der Waals surface area contributed by atoms with E-state index in [0.717, 1.165) is 5.75 Å². The lowest BCUT2D eigenvalue weighted by Crippen LogP contribution is -2.10. The first-order valence-corrected chi connectivity index (χ1v) is 5.37. The Labute approximate surface area is 78.7 Å². The van der Waals surface area contributed by atoms with Crippen molar-refractivity contribution in [2.75, 3.05) is 5.75 Å². The highest BCUT2D eigenvalue weighted by atomic mass is 32.2. The lowest BCUT2D eigenvalue weighted by molar-refractivity contribution is 0.651. The number of nitrogens with zero attached hydrogens (tertiary/aromatic N) is 1. The third kappa shape index (κ3) is 2.86. The second kappa shape index (κ2) is 5.20. The standard InChI is InChI=1S/C10H15NS/c1-3-12-7-5-10-4-6-11-8-9(10)2/h4-10H,3H2,1-2H3/b7-5+. The minimum absolute atomic E-state index is 0.543. The molecule has 66 valence electrons. The molecule has 1 aliphatic heterocycles. The molecule has 12 heavy (non-hydrogen) atoms. The molecule has 0 aromatic carbocycles. The van der Waals surface area contributed by atoms with Crippen LogP contribution >= 0.6 is 11.8 Å². The Bertz CT molecular complexity index is 206. The molecule has 0 fully saturated rings. The van der Waals surface area contributed by atoms with Crippen molar-refractivity contribution in [1.82, 2.24) is 0 Å². The Balaban J connectivity index is 2.41. The molecule has 0 aromatic rings. The molecule has 1 aliphatic rings.